The summed E-state index contributed by atoms with van der Waals surface area (Å²) in [5.74, 6) is 0.115. The smallest absolute Gasteiger partial charge is 0.248 e. The third-order valence-corrected chi connectivity index (χ3v) is 8.15. The van der Waals surface area contributed by atoms with Crippen LogP contribution in [0.25, 0.3) is 0 Å². The van der Waals surface area contributed by atoms with Crippen LogP contribution in [0.1, 0.15) is 34.5 Å². The van der Waals surface area contributed by atoms with Crippen molar-refractivity contribution < 1.29 is 14.3 Å². The van der Waals surface area contributed by atoms with Gasteiger partial charge in [-0.15, -0.1) is 11.3 Å². The molecule has 2 aliphatic rings. The fourth-order valence-corrected chi connectivity index (χ4v) is 6.21. The Kier molecular flexibility index (Phi) is 7.80. The Morgan fingerprint density at radius 3 is 2.44 bits per heavy atom. The summed E-state index contributed by atoms with van der Waals surface area (Å²) in [4.78, 5) is 33.7. The van der Waals surface area contributed by atoms with Gasteiger partial charge in [0, 0.05) is 37.1 Å². The molecule has 0 N–H and O–H groups in total. The minimum Gasteiger partial charge on any atom is -0.367 e. The summed E-state index contributed by atoms with van der Waals surface area (Å²) >= 11 is 1.81. The maximum atomic E-state index is 13.4. The van der Waals surface area contributed by atoms with Crippen LogP contribution in [-0.2, 0) is 27.4 Å². The Morgan fingerprint density at radius 1 is 0.944 bits per heavy atom. The lowest BCUT2D eigenvalue weighted by molar-refractivity contribution is -0.146. The number of piperazine rings is 1. The first-order valence-corrected chi connectivity index (χ1v) is 13.5. The summed E-state index contributed by atoms with van der Waals surface area (Å²) in [6.07, 6.45) is 0.977. The molecule has 3 heterocycles. The normalized spacial score (nSPS) is 20.2. The number of rotatable bonds is 7. The molecule has 2 atom stereocenters. The molecule has 0 radical (unpaired) electrons. The van der Waals surface area contributed by atoms with Crippen LogP contribution in [0.5, 0.6) is 0 Å². The molecular formula is C29H33N3O3S. The standard InChI is InChI=1S/C29H33N3O3S/c1-22-18-30(15-16-32(22)28(34)21-35-20-23-8-4-2-5-9-23)27(33)19-31-14-12-26-25(13-17-36-26)29(31)24-10-6-3-7-11-24/h2-11,13,17,22,29H,12,14-16,18-21H2,1H3/t22-,29+/m0/s1. The Bertz CT molecular complexity index is 1170. The predicted molar refractivity (Wildman–Crippen MR) is 142 cm³/mol. The number of nitrogens with zero attached hydrogens (tertiary/aromatic N) is 3. The number of carbonyl (C=O) groups excluding carboxylic acids is 2. The van der Waals surface area contributed by atoms with Crippen LogP contribution in [0, 0.1) is 0 Å². The number of amides is 2. The Balaban J connectivity index is 1.17. The number of fused-ring (bicyclic) bond motifs is 1. The maximum Gasteiger partial charge on any atom is 0.248 e. The highest BCUT2D eigenvalue weighted by atomic mass is 32.1. The first kappa shape index (κ1) is 24.7. The van der Waals surface area contributed by atoms with Crippen molar-refractivity contribution >= 4 is 23.2 Å². The van der Waals surface area contributed by atoms with Crippen molar-refractivity contribution in [3.8, 4) is 0 Å². The van der Waals surface area contributed by atoms with E-state index in [-0.39, 0.29) is 30.5 Å². The van der Waals surface area contributed by atoms with Crippen molar-refractivity contribution in [1.82, 2.24) is 14.7 Å². The molecule has 0 aliphatic carbocycles. The van der Waals surface area contributed by atoms with Crippen molar-refractivity contribution in [2.24, 2.45) is 0 Å². The molecule has 1 aromatic heterocycles. The Labute approximate surface area is 217 Å². The molecule has 2 amide bonds. The number of hydrogen-bond acceptors (Lipinski definition) is 5. The molecule has 0 spiro atoms. The quantitative estimate of drug-likeness (QED) is 0.490. The molecule has 2 aromatic carbocycles. The van der Waals surface area contributed by atoms with Crippen LogP contribution in [0.2, 0.25) is 0 Å². The van der Waals surface area contributed by atoms with Gasteiger partial charge in [0.25, 0.3) is 0 Å². The second-order valence-corrected chi connectivity index (χ2v) is 10.6. The fourth-order valence-electron chi connectivity index (χ4n) is 5.31. The van der Waals surface area contributed by atoms with Crippen molar-refractivity contribution in [3.05, 3.63) is 93.7 Å². The minimum absolute atomic E-state index is 0.0179. The molecule has 2 aliphatic heterocycles. The largest absolute Gasteiger partial charge is 0.367 e. The minimum atomic E-state index is -0.0368. The van der Waals surface area contributed by atoms with Crippen molar-refractivity contribution in [2.75, 3.05) is 39.3 Å². The lowest BCUT2D eigenvalue weighted by Crippen LogP contribution is -2.57. The molecule has 0 bridgehead atoms. The summed E-state index contributed by atoms with van der Waals surface area (Å²) in [6.45, 7) is 5.39. The Hall–Kier alpha value is -3.00. The lowest BCUT2D eigenvalue weighted by atomic mass is 9.93. The monoisotopic (exact) mass is 503 g/mol. The number of hydrogen-bond donors (Lipinski definition) is 0. The highest BCUT2D eigenvalue weighted by Crippen LogP contribution is 2.37. The van der Waals surface area contributed by atoms with Gasteiger partial charge >= 0.3 is 0 Å². The molecule has 188 valence electrons. The first-order chi connectivity index (χ1) is 17.6. The van der Waals surface area contributed by atoms with Gasteiger partial charge in [0.15, 0.2) is 0 Å². The van der Waals surface area contributed by atoms with E-state index >= 15 is 0 Å². The highest BCUT2D eigenvalue weighted by molar-refractivity contribution is 7.10. The third kappa shape index (κ3) is 5.53. The zero-order valence-corrected chi connectivity index (χ0v) is 21.5. The van der Waals surface area contributed by atoms with E-state index in [1.165, 1.54) is 16.0 Å². The summed E-state index contributed by atoms with van der Waals surface area (Å²) in [5, 5.41) is 2.16. The third-order valence-electron chi connectivity index (χ3n) is 7.16. The topological polar surface area (TPSA) is 53.1 Å². The van der Waals surface area contributed by atoms with E-state index in [2.05, 4.69) is 40.6 Å². The molecule has 6 nitrogen and oxygen atoms in total. The molecule has 7 heteroatoms. The second kappa shape index (κ2) is 11.4. The average Bonchev–Trinajstić information content (AvgIpc) is 3.38. The van der Waals surface area contributed by atoms with Crippen molar-refractivity contribution in [2.45, 2.75) is 32.0 Å². The second-order valence-electron chi connectivity index (χ2n) is 9.59. The summed E-state index contributed by atoms with van der Waals surface area (Å²) in [6, 6.07) is 22.6. The first-order valence-electron chi connectivity index (χ1n) is 12.6. The van der Waals surface area contributed by atoms with Gasteiger partial charge in [0.1, 0.15) is 6.61 Å². The van der Waals surface area contributed by atoms with E-state index < -0.39 is 0 Å². The lowest BCUT2D eigenvalue weighted by Gasteiger charge is -2.42. The van der Waals surface area contributed by atoms with Crippen LogP contribution in [0.15, 0.2) is 72.1 Å². The van der Waals surface area contributed by atoms with Gasteiger partial charge in [-0.25, -0.2) is 0 Å². The number of carbonyl (C=O) groups is 2. The predicted octanol–water partition coefficient (Wildman–Crippen LogP) is 3.97. The van der Waals surface area contributed by atoms with Crippen LogP contribution in [0.3, 0.4) is 0 Å². The van der Waals surface area contributed by atoms with Crippen molar-refractivity contribution in [1.29, 1.82) is 0 Å². The van der Waals surface area contributed by atoms with Gasteiger partial charge in [0.05, 0.1) is 19.2 Å². The number of thiophene rings is 1. The highest BCUT2D eigenvalue weighted by Gasteiger charge is 2.34. The fraction of sp³-hybridized carbons (Fsp3) is 0.379. The van der Waals surface area contributed by atoms with Crippen LogP contribution in [0.4, 0.5) is 0 Å². The van der Waals surface area contributed by atoms with Crippen LogP contribution in [-0.4, -0.2) is 71.9 Å². The van der Waals surface area contributed by atoms with E-state index in [9.17, 15) is 9.59 Å². The maximum absolute atomic E-state index is 13.4. The van der Waals surface area contributed by atoms with E-state index in [4.69, 9.17) is 4.74 Å². The zero-order chi connectivity index (χ0) is 24.9. The molecule has 0 saturated carbocycles. The summed E-state index contributed by atoms with van der Waals surface area (Å²) in [7, 11) is 0. The SMILES string of the molecule is C[C@H]1CN(C(=O)CN2CCc3sccc3[C@H]2c2ccccc2)CCN1C(=O)COCc1ccccc1. The van der Waals surface area contributed by atoms with E-state index in [0.717, 1.165) is 18.5 Å². The summed E-state index contributed by atoms with van der Waals surface area (Å²) < 4.78 is 5.66. The van der Waals surface area contributed by atoms with Gasteiger partial charge < -0.3 is 14.5 Å². The number of benzene rings is 2. The van der Waals surface area contributed by atoms with E-state index in [1.54, 1.807) is 0 Å². The molecule has 5 rings (SSSR count). The van der Waals surface area contributed by atoms with E-state index in [1.807, 2.05) is 64.5 Å². The number of ether oxygens (including phenoxy) is 1. The molecule has 36 heavy (non-hydrogen) atoms. The zero-order valence-electron chi connectivity index (χ0n) is 20.7. The van der Waals surface area contributed by atoms with Crippen molar-refractivity contribution in [3.63, 3.8) is 0 Å². The van der Waals surface area contributed by atoms with Crippen LogP contribution >= 0.6 is 11.3 Å². The summed E-state index contributed by atoms with van der Waals surface area (Å²) in [5.41, 5.74) is 3.60. The van der Waals surface area contributed by atoms with Gasteiger partial charge in [-0.05, 0) is 41.5 Å². The molecule has 1 fully saturated rings. The van der Waals surface area contributed by atoms with Gasteiger partial charge in [-0.1, -0.05) is 60.7 Å². The van der Waals surface area contributed by atoms with Gasteiger partial charge in [0.2, 0.25) is 11.8 Å². The van der Waals surface area contributed by atoms with E-state index in [0.29, 0.717) is 32.8 Å². The molecular weight excluding hydrogens is 470 g/mol. The Morgan fingerprint density at radius 2 is 1.69 bits per heavy atom. The van der Waals surface area contributed by atoms with Gasteiger partial charge in [-0.2, -0.15) is 0 Å². The van der Waals surface area contributed by atoms with Crippen LogP contribution < -0.4 is 0 Å². The molecule has 1 saturated heterocycles. The average molecular weight is 504 g/mol. The molecule has 3 aromatic rings. The van der Waals surface area contributed by atoms with Gasteiger partial charge in [-0.3, -0.25) is 14.5 Å². The molecule has 0 unspecified atom stereocenters.